The van der Waals surface area contributed by atoms with E-state index in [2.05, 4.69) is 36.1 Å². The summed E-state index contributed by atoms with van der Waals surface area (Å²) in [4.78, 5) is 18.0. The summed E-state index contributed by atoms with van der Waals surface area (Å²) in [6, 6.07) is 2.14. The van der Waals surface area contributed by atoms with Crippen LogP contribution in [0, 0.1) is 0 Å². The highest BCUT2D eigenvalue weighted by molar-refractivity contribution is 5.98. The summed E-state index contributed by atoms with van der Waals surface area (Å²) >= 11 is 0. The van der Waals surface area contributed by atoms with Crippen LogP contribution in [0.5, 0.6) is 0 Å². The monoisotopic (exact) mass is 250 g/mol. The van der Waals surface area contributed by atoms with Gasteiger partial charge in [0.25, 0.3) is 5.91 Å². The molecule has 1 unspecified atom stereocenters. The van der Waals surface area contributed by atoms with Gasteiger partial charge in [0.2, 0.25) is 0 Å². The predicted octanol–water partition coefficient (Wildman–Crippen LogP) is 1.12. The van der Waals surface area contributed by atoms with E-state index in [0.29, 0.717) is 23.8 Å². The summed E-state index contributed by atoms with van der Waals surface area (Å²) in [6.07, 6.45) is 4.16. The molecule has 0 bridgehead atoms. The molecular weight excluding hydrogens is 228 g/mol. The molecule has 0 saturated heterocycles. The van der Waals surface area contributed by atoms with Crippen molar-refractivity contribution in [2.75, 3.05) is 25.9 Å². The molecule has 3 N–H and O–H groups in total. The zero-order chi connectivity index (χ0) is 13.5. The lowest BCUT2D eigenvalue weighted by Gasteiger charge is -2.23. The van der Waals surface area contributed by atoms with E-state index in [1.807, 2.05) is 0 Å². The third-order valence-corrected chi connectivity index (χ3v) is 3.19. The van der Waals surface area contributed by atoms with Crippen molar-refractivity contribution in [3.8, 4) is 0 Å². The molecule has 100 valence electrons. The van der Waals surface area contributed by atoms with Crippen molar-refractivity contribution < 1.29 is 4.79 Å². The van der Waals surface area contributed by atoms with E-state index in [1.54, 1.807) is 12.3 Å². The van der Waals surface area contributed by atoms with Gasteiger partial charge in [-0.25, -0.2) is 0 Å². The highest BCUT2D eigenvalue weighted by Crippen LogP contribution is 2.07. The number of pyridine rings is 1. The van der Waals surface area contributed by atoms with Crippen LogP contribution in [0.15, 0.2) is 18.5 Å². The number of aromatic nitrogens is 1. The number of hydrogen-bond acceptors (Lipinski definition) is 4. The fourth-order valence-electron chi connectivity index (χ4n) is 1.57. The number of hydrogen-bond donors (Lipinski definition) is 2. The van der Waals surface area contributed by atoms with Gasteiger partial charge in [-0.15, -0.1) is 0 Å². The Morgan fingerprint density at radius 2 is 2.33 bits per heavy atom. The lowest BCUT2D eigenvalue weighted by Crippen LogP contribution is -2.37. The van der Waals surface area contributed by atoms with E-state index >= 15 is 0 Å². The molecule has 0 aliphatic carbocycles. The molecule has 0 aromatic carbocycles. The molecule has 0 aliphatic rings. The maximum Gasteiger partial charge on any atom is 0.254 e. The minimum atomic E-state index is -0.168. The van der Waals surface area contributed by atoms with Gasteiger partial charge in [0.1, 0.15) is 0 Å². The number of anilines is 1. The normalized spacial score (nSPS) is 12.4. The van der Waals surface area contributed by atoms with Crippen molar-refractivity contribution in [2.24, 2.45) is 0 Å². The second-order valence-electron chi connectivity index (χ2n) is 4.46. The van der Waals surface area contributed by atoms with Crippen molar-refractivity contribution in [1.29, 1.82) is 0 Å². The van der Waals surface area contributed by atoms with Crippen molar-refractivity contribution in [3.63, 3.8) is 0 Å². The number of carbonyl (C=O) groups is 1. The van der Waals surface area contributed by atoms with E-state index in [4.69, 9.17) is 5.73 Å². The average molecular weight is 250 g/mol. The zero-order valence-electron chi connectivity index (χ0n) is 11.3. The van der Waals surface area contributed by atoms with Crippen LogP contribution in [0.1, 0.15) is 30.6 Å². The summed E-state index contributed by atoms with van der Waals surface area (Å²) in [7, 11) is 2.05. The maximum atomic E-state index is 11.8. The standard InChI is InChI=1S/C13H22N4O/c1-4-10(2)17(3)8-7-16-13(18)11-9-15-6-5-12(11)14/h5-6,9-10H,4,7-8H2,1-3H3,(H2,14,15)(H,16,18). The quantitative estimate of drug-likeness (QED) is 0.794. The molecule has 1 amide bonds. The van der Waals surface area contributed by atoms with Crippen LogP contribution in [0.2, 0.25) is 0 Å². The van der Waals surface area contributed by atoms with Crippen molar-refractivity contribution in [3.05, 3.63) is 24.0 Å². The Balaban J connectivity index is 2.41. The summed E-state index contributed by atoms with van der Waals surface area (Å²) in [5, 5.41) is 2.85. The van der Waals surface area contributed by atoms with Crippen LogP contribution in [-0.4, -0.2) is 42.0 Å². The van der Waals surface area contributed by atoms with Crippen LogP contribution < -0.4 is 11.1 Å². The maximum absolute atomic E-state index is 11.8. The van der Waals surface area contributed by atoms with Crippen LogP contribution in [0.25, 0.3) is 0 Å². The van der Waals surface area contributed by atoms with E-state index in [0.717, 1.165) is 13.0 Å². The fraction of sp³-hybridized carbons (Fsp3) is 0.538. The van der Waals surface area contributed by atoms with Crippen LogP contribution in [-0.2, 0) is 0 Å². The predicted molar refractivity (Wildman–Crippen MR) is 73.4 cm³/mol. The van der Waals surface area contributed by atoms with Crippen LogP contribution in [0.3, 0.4) is 0 Å². The topological polar surface area (TPSA) is 71.2 Å². The van der Waals surface area contributed by atoms with Gasteiger partial charge in [-0.1, -0.05) is 6.92 Å². The molecule has 0 fully saturated rings. The first-order valence-electron chi connectivity index (χ1n) is 6.24. The summed E-state index contributed by atoms with van der Waals surface area (Å²) in [5.74, 6) is -0.168. The number of nitrogens with one attached hydrogen (secondary N) is 1. The Labute approximate surface area is 108 Å². The molecule has 5 heteroatoms. The van der Waals surface area contributed by atoms with Gasteiger partial charge in [0.15, 0.2) is 0 Å². The minimum Gasteiger partial charge on any atom is -0.398 e. The van der Waals surface area contributed by atoms with Gasteiger partial charge in [0, 0.05) is 37.2 Å². The first kappa shape index (κ1) is 14.4. The lowest BCUT2D eigenvalue weighted by atomic mass is 10.2. The van der Waals surface area contributed by atoms with E-state index < -0.39 is 0 Å². The third kappa shape index (κ3) is 4.00. The largest absolute Gasteiger partial charge is 0.398 e. The number of rotatable bonds is 6. The van der Waals surface area contributed by atoms with E-state index in [9.17, 15) is 4.79 Å². The molecule has 1 heterocycles. The van der Waals surface area contributed by atoms with Crippen molar-refractivity contribution >= 4 is 11.6 Å². The molecule has 0 saturated carbocycles. The van der Waals surface area contributed by atoms with Crippen LogP contribution >= 0.6 is 0 Å². The van der Waals surface area contributed by atoms with Gasteiger partial charge in [-0.2, -0.15) is 0 Å². The molecule has 0 spiro atoms. The minimum absolute atomic E-state index is 0.168. The van der Waals surface area contributed by atoms with Gasteiger partial charge >= 0.3 is 0 Å². The molecule has 0 radical (unpaired) electrons. The SMILES string of the molecule is CCC(C)N(C)CCNC(=O)c1cnccc1N. The smallest absolute Gasteiger partial charge is 0.254 e. The second kappa shape index (κ2) is 6.96. The van der Waals surface area contributed by atoms with Crippen molar-refractivity contribution in [2.45, 2.75) is 26.3 Å². The number of amides is 1. The molecule has 18 heavy (non-hydrogen) atoms. The first-order valence-corrected chi connectivity index (χ1v) is 6.24. The van der Waals surface area contributed by atoms with Crippen molar-refractivity contribution in [1.82, 2.24) is 15.2 Å². The lowest BCUT2D eigenvalue weighted by molar-refractivity contribution is 0.0948. The highest BCUT2D eigenvalue weighted by Gasteiger charge is 2.10. The number of carbonyl (C=O) groups excluding carboxylic acids is 1. The molecule has 0 aliphatic heterocycles. The van der Waals surface area contributed by atoms with Gasteiger partial charge in [-0.05, 0) is 26.5 Å². The molecule has 1 aromatic rings. The zero-order valence-corrected chi connectivity index (χ0v) is 11.3. The average Bonchev–Trinajstić information content (AvgIpc) is 2.37. The Morgan fingerprint density at radius 3 is 2.94 bits per heavy atom. The molecule has 1 aromatic heterocycles. The van der Waals surface area contributed by atoms with Crippen LogP contribution in [0.4, 0.5) is 5.69 Å². The third-order valence-electron chi connectivity index (χ3n) is 3.19. The molecular formula is C13H22N4O. The Morgan fingerprint density at radius 1 is 1.61 bits per heavy atom. The van der Waals surface area contributed by atoms with Gasteiger partial charge in [0.05, 0.1) is 5.56 Å². The fourth-order valence-corrected chi connectivity index (χ4v) is 1.57. The second-order valence-corrected chi connectivity index (χ2v) is 4.46. The summed E-state index contributed by atoms with van der Waals surface area (Å²) in [6.45, 7) is 5.74. The number of likely N-dealkylation sites (N-methyl/N-ethyl adjacent to an activating group) is 1. The number of nitrogens with two attached hydrogens (primary N) is 1. The molecule has 1 atom stereocenters. The Hall–Kier alpha value is -1.62. The van der Waals surface area contributed by atoms with E-state index in [-0.39, 0.29) is 5.91 Å². The summed E-state index contributed by atoms with van der Waals surface area (Å²) in [5.41, 5.74) is 6.60. The summed E-state index contributed by atoms with van der Waals surface area (Å²) < 4.78 is 0. The number of nitrogen functional groups attached to an aromatic ring is 1. The Bertz CT molecular complexity index is 394. The number of nitrogens with zero attached hydrogens (tertiary/aromatic N) is 2. The van der Waals surface area contributed by atoms with E-state index in [1.165, 1.54) is 6.20 Å². The van der Waals surface area contributed by atoms with Gasteiger partial charge in [-0.3, -0.25) is 9.78 Å². The highest BCUT2D eigenvalue weighted by atomic mass is 16.1. The Kier molecular flexibility index (Phi) is 5.58. The first-order chi connectivity index (χ1) is 8.56. The van der Waals surface area contributed by atoms with Gasteiger partial charge < -0.3 is 16.0 Å². The molecule has 5 nitrogen and oxygen atoms in total. The molecule has 1 rings (SSSR count).